The van der Waals surface area contributed by atoms with E-state index in [0.29, 0.717) is 18.8 Å². The smallest absolute Gasteiger partial charge is 0.293 e. The van der Waals surface area contributed by atoms with E-state index < -0.39 is 0 Å². The summed E-state index contributed by atoms with van der Waals surface area (Å²) in [6.07, 6.45) is 0. The first-order chi connectivity index (χ1) is 7.16. The molecular formula is C9H11N3O3. The van der Waals surface area contributed by atoms with Crippen molar-refractivity contribution in [1.82, 2.24) is 15.4 Å². The van der Waals surface area contributed by atoms with Crippen molar-refractivity contribution in [3.8, 4) is 0 Å². The minimum absolute atomic E-state index is 0.0819. The number of aromatic nitrogens is 1. The molecule has 15 heavy (non-hydrogen) atoms. The molecule has 2 amide bonds. The van der Waals surface area contributed by atoms with Gasteiger partial charge in [0.25, 0.3) is 5.91 Å². The van der Waals surface area contributed by atoms with Crippen LogP contribution in [0, 0.1) is 6.92 Å². The van der Waals surface area contributed by atoms with Crippen LogP contribution in [0.1, 0.15) is 16.2 Å². The van der Waals surface area contributed by atoms with Crippen LogP contribution in [0.5, 0.6) is 0 Å². The van der Waals surface area contributed by atoms with Crippen molar-refractivity contribution in [1.29, 1.82) is 0 Å². The molecule has 0 spiro atoms. The second-order valence-electron chi connectivity index (χ2n) is 3.41. The second-order valence-corrected chi connectivity index (χ2v) is 3.41. The van der Waals surface area contributed by atoms with Gasteiger partial charge in [-0.05, 0) is 6.92 Å². The van der Waals surface area contributed by atoms with Crippen LogP contribution in [0.4, 0.5) is 0 Å². The fraction of sp³-hybridized carbons (Fsp3) is 0.444. The minimum atomic E-state index is -0.287. The van der Waals surface area contributed by atoms with Gasteiger partial charge in [-0.1, -0.05) is 5.16 Å². The number of carbonyl (C=O) groups is 2. The second kappa shape index (κ2) is 3.72. The van der Waals surface area contributed by atoms with Crippen molar-refractivity contribution in [3.63, 3.8) is 0 Å². The maximum Gasteiger partial charge on any atom is 0.293 e. The first-order valence-corrected chi connectivity index (χ1v) is 4.66. The Morgan fingerprint density at radius 3 is 3.07 bits per heavy atom. The van der Waals surface area contributed by atoms with Gasteiger partial charge >= 0.3 is 0 Å². The number of aryl methyl sites for hydroxylation is 1. The Hall–Kier alpha value is -1.85. The molecule has 0 unspecified atom stereocenters. The van der Waals surface area contributed by atoms with Gasteiger partial charge < -0.3 is 14.7 Å². The normalized spacial score (nSPS) is 16.3. The Morgan fingerprint density at radius 1 is 1.67 bits per heavy atom. The van der Waals surface area contributed by atoms with Crippen LogP contribution in [0.15, 0.2) is 10.6 Å². The Labute approximate surface area is 86.2 Å². The number of rotatable bonds is 1. The summed E-state index contributed by atoms with van der Waals surface area (Å²) in [4.78, 5) is 24.3. The number of nitrogens with one attached hydrogen (secondary N) is 1. The monoisotopic (exact) mass is 209 g/mol. The zero-order valence-corrected chi connectivity index (χ0v) is 8.32. The quantitative estimate of drug-likeness (QED) is 0.680. The Morgan fingerprint density at radius 2 is 2.47 bits per heavy atom. The van der Waals surface area contributed by atoms with Crippen molar-refractivity contribution in [3.05, 3.63) is 17.5 Å². The predicted molar refractivity (Wildman–Crippen MR) is 50.2 cm³/mol. The number of hydrogen-bond donors (Lipinski definition) is 1. The molecule has 1 aliphatic rings. The van der Waals surface area contributed by atoms with Crippen molar-refractivity contribution in [2.24, 2.45) is 0 Å². The van der Waals surface area contributed by atoms with Crippen LogP contribution >= 0.6 is 0 Å². The number of nitrogens with zero attached hydrogens (tertiary/aromatic N) is 2. The fourth-order valence-corrected chi connectivity index (χ4v) is 1.43. The van der Waals surface area contributed by atoms with Gasteiger partial charge in [0.15, 0.2) is 0 Å². The molecule has 1 aliphatic heterocycles. The number of amides is 2. The molecular weight excluding hydrogens is 198 g/mol. The molecule has 0 aliphatic carbocycles. The van der Waals surface area contributed by atoms with Gasteiger partial charge in [-0.3, -0.25) is 9.59 Å². The Bertz CT molecular complexity index is 399. The van der Waals surface area contributed by atoms with E-state index in [0.717, 1.165) is 0 Å². The third-order valence-electron chi connectivity index (χ3n) is 2.16. The summed E-state index contributed by atoms with van der Waals surface area (Å²) in [6.45, 7) is 2.81. The van der Waals surface area contributed by atoms with Gasteiger partial charge in [-0.2, -0.15) is 0 Å². The van der Waals surface area contributed by atoms with Crippen molar-refractivity contribution < 1.29 is 14.1 Å². The van der Waals surface area contributed by atoms with Gasteiger partial charge in [0.1, 0.15) is 6.54 Å². The highest BCUT2D eigenvalue weighted by atomic mass is 16.5. The summed E-state index contributed by atoms with van der Waals surface area (Å²) >= 11 is 0. The average molecular weight is 209 g/mol. The highest BCUT2D eigenvalue weighted by molar-refractivity contribution is 5.94. The molecule has 1 aromatic heterocycles. The van der Waals surface area contributed by atoms with Crippen molar-refractivity contribution >= 4 is 11.8 Å². The molecule has 0 radical (unpaired) electrons. The molecule has 2 heterocycles. The number of piperazine rings is 1. The van der Waals surface area contributed by atoms with Crippen LogP contribution in [-0.4, -0.2) is 41.5 Å². The van der Waals surface area contributed by atoms with Crippen LogP contribution in [-0.2, 0) is 4.79 Å². The summed E-state index contributed by atoms with van der Waals surface area (Å²) in [5, 5.41) is 6.27. The van der Waals surface area contributed by atoms with Crippen LogP contribution < -0.4 is 5.32 Å². The topological polar surface area (TPSA) is 75.4 Å². The molecule has 6 nitrogen and oxygen atoms in total. The van der Waals surface area contributed by atoms with Gasteiger partial charge in [0.2, 0.25) is 11.7 Å². The molecule has 2 rings (SSSR count). The van der Waals surface area contributed by atoms with E-state index in [1.165, 1.54) is 4.90 Å². The lowest BCUT2D eigenvalue weighted by molar-refractivity contribution is -0.123. The van der Waals surface area contributed by atoms with Crippen molar-refractivity contribution in [2.45, 2.75) is 6.92 Å². The Balaban J connectivity index is 2.10. The van der Waals surface area contributed by atoms with Crippen LogP contribution in [0.2, 0.25) is 0 Å². The van der Waals surface area contributed by atoms with E-state index >= 15 is 0 Å². The molecule has 6 heteroatoms. The number of carbonyl (C=O) groups excluding carboxylic acids is 2. The van der Waals surface area contributed by atoms with E-state index in [1.807, 2.05) is 0 Å². The van der Waals surface area contributed by atoms with E-state index in [-0.39, 0.29) is 24.1 Å². The lowest BCUT2D eigenvalue weighted by atomic mass is 10.3. The third-order valence-corrected chi connectivity index (χ3v) is 2.16. The standard InChI is InChI=1S/C9H11N3O3/c1-6-4-7(15-11-6)9(14)12-3-2-10-8(13)5-12/h4H,2-3,5H2,1H3,(H,10,13). The zero-order valence-electron chi connectivity index (χ0n) is 8.32. The summed E-state index contributed by atoms with van der Waals surface area (Å²) in [6, 6.07) is 1.56. The maximum atomic E-state index is 11.8. The highest BCUT2D eigenvalue weighted by Gasteiger charge is 2.24. The van der Waals surface area contributed by atoms with E-state index in [4.69, 9.17) is 4.52 Å². The predicted octanol–water partition coefficient (Wildman–Crippen LogP) is -0.445. The number of hydrogen-bond acceptors (Lipinski definition) is 4. The van der Waals surface area contributed by atoms with E-state index in [9.17, 15) is 9.59 Å². The SMILES string of the molecule is Cc1cc(C(=O)N2CCNC(=O)C2)on1. The van der Waals surface area contributed by atoms with Gasteiger partial charge in [-0.25, -0.2) is 0 Å². The molecule has 0 atom stereocenters. The van der Waals surface area contributed by atoms with Crippen molar-refractivity contribution in [2.75, 3.05) is 19.6 Å². The lowest BCUT2D eigenvalue weighted by Gasteiger charge is -2.25. The average Bonchev–Trinajstić information content (AvgIpc) is 2.64. The van der Waals surface area contributed by atoms with Gasteiger partial charge in [0, 0.05) is 19.2 Å². The first kappa shape index (κ1) is 9.70. The van der Waals surface area contributed by atoms with Crippen LogP contribution in [0.3, 0.4) is 0 Å². The summed E-state index contributed by atoms with van der Waals surface area (Å²) in [7, 11) is 0. The van der Waals surface area contributed by atoms with Gasteiger partial charge in [0.05, 0.1) is 5.69 Å². The molecule has 1 aromatic rings. The molecule has 1 saturated heterocycles. The summed E-state index contributed by atoms with van der Waals surface area (Å²) in [5.41, 5.74) is 0.653. The van der Waals surface area contributed by atoms with E-state index in [1.54, 1.807) is 13.0 Å². The molecule has 0 saturated carbocycles. The largest absolute Gasteiger partial charge is 0.353 e. The molecule has 80 valence electrons. The first-order valence-electron chi connectivity index (χ1n) is 4.66. The third kappa shape index (κ3) is 1.98. The van der Waals surface area contributed by atoms with Gasteiger partial charge in [-0.15, -0.1) is 0 Å². The maximum absolute atomic E-state index is 11.8. The molecule has 0 aromatic carbocycles. The lowest BCUT2D eigenvalue weighted by Crippen LogP contribution is -2.49. The summed E-state index contributed by atoms with van der Waals surface area (Å²) < 4.78 is 4.84. The highest BCUT2D eigenvalue weighted by Crippen LogP contribution is 2.07. The molecule has 1 N–H and O–H groups in total. The van der Waals surface area contributed by atoms with Crippen LogP contribution in [0.25, 0.3) is 0 Å². The fourth-order valence-electron chi connectivity index (χ4n) is 1.43. The molecule has 0 bridgehead atoms. The summed E-state index contributed by atoms with van der Waals surface area (Å²) in [5.74, 6) is -0.251. The van der Waals surface area contributed by atoms with E-state index in [2.05, 4.69) is 10.5 Å². The molecule has 1 fully saturated rings. The minimum Gasteiger partial charge on any atom is -0.353 e. The Kier molecular flexibility index (Phi) is 2.40. The zero-order chi connectivity index (χ0) is 10.8.